The summed E-state index contributed by atoms with van der Waals surface area (Å²) >= 11 is 0. The van der Waals surface area contributed by atoms with Crippen molar-refractivity contribution in [3.8, 4) is 11.4 Å². The molecule has 0 bridgehead atoms. The highest BCUT2D eigenvalue weighted by Crippen LogP contribution is 2.21. The summed E-state index contributed by atoms with van der Waals surface area (Å²) in [4.78, 5) is 12.7. The van der Waals surface area contributed by atoms with E-state index in [1.54, 1.807) is 10.9 Å². The molecule has 6 nitrogen and oxygen atoms in total. The molecule has 1 aromatic carbocycles. The normalized spacial score (nSPS) is 14.7. The fourth-order valence-electron chi connectivity index (χ4n) is 2.81. The Labute approximate surface area is 160 Å². The minimum Gasteiger partial charge on any atom is -0.489 e. The Balaban J connectivity index is 0.00000243. The van der Waals surface area contributed by atoms with Crippen molar-refractivity contribution in [3.63, 3.8) is 0 Å². The van der Waals surface area contributed by atoms with Gasteiger partial charge in [-0.2, -0.15) is 5.10 Å². The lowest BCUT2D eigenvalue weighted by Gasteiger charge is -2.23. The minimum absolute atomic E-state index is 0. The highest BCUT2D eigenvalue weighted by molar-refractivity contribution is 5.95. The number of hydrogen-bond donors (Lipinski definition) is 2. The maximum atomic E-state index is 12.7. The van der Waals surface area contributed by atoms with E-state index in [-0.39, 0.29) is 24.4 Å². The molecule has 0 aliphatic carbocycles. The molecule has 0 radical (unpaired) electrons. The monoisotopic (exact) mass is 378 g/mol. The molecule has 7 heteroatoms. The number of halogens is 1. The van der Waals surface area contributed by atoms with E-state index in [1.165, 1.54) is 0 Å². The first-order chi connectivity index (χ1) is 12.1. The molecule has 1 aromatic heterocycles. The molecule has 26 heavy (non-hydrogen) atoms. The lowest BCUT2D eigenvalue weighted by Crippen LogP contribution is -2.42. The quantitative estimate of drug-likeness (QED) is 0.811. The van der Waals surface area contributed by atoms with Gasteiger partial charge >= 0.3 is 0 Å². The van der Waals surface area contributed by atoms with Crippen LogP contribution in [-0.2, 0) is 0 Å². The summed E-state index contributed by atoms with van der Waals surface area (Å²) in [7, 11) is 0. The van der Waals surface area contributed by atoms with Crippen LogP contribution in [0.1, 0.15) is 37.2 Å². The van der Waals surface area contributed by atoms with Crippen molar-refractivity contribution >= 4 is 18.3 Å². The van der Waals surface area contributed by atoms with Gasteiger partial charge in [0, 0.05) is 6.04 Å². The molecule has 0 spiro atoms. The Hall–Kier alpha value is -2.05. The van der Waals surface area contributed by atoms with Crippen molar-refractivity contribution in [1.29, 1.82) is 0 Å². The molecular weight excluding hydrogens is 352 g/mol. The van der Waals surface area contributed by atoms with Crippen LogP contribution < -0.4 is 15.4 Å². The van der Waals surface area contributed by atoms with Gasteiger partial charge in [-0.05, 0) is 44.0 Å². The zero-order valence-corrected chi connectivity index (χ0v) is 16.1. The topological polar surface area (TPSA) is 68.2 Å². The van der Waals surface area contributed by atoms with Gasteiger partial charge in [0.05, 0.1) is 18.5 Å². The fraction of sp³-hybridized carbons (Fsp3) is 0.474. The summed E-state index contributed by atoms with van der Waals surface area (Å²) in [5, 5.41) is 10.9. The van der Waals surface area contributed by atoms with Crippen LogP contribution in [0.2, 0.25) is 0 Å². The molecule has 1 fully saturated rings. The van der Waals surface area contributed by atoms with Crippen molar-refractivity contribution in [2.24, 2.45) is 5.92 Å². The molecule has 2 aromatic rings. The van der Waals surface area contributed by atoms with Crippen molar-refractivity contribution in [2.45, 2.75) is 32.7 Å². The Kier molecular flexibility index (Phi) is 7.48. The number of piperidine rings is 1. The number of nitrogens with one attached hydrogen (secondary N) is 2. The largest absolute Gasteiger partial charge is 0.489 e. The summed E-state index contributed by atoms with van der Waals surface area (Å²) in [6.07, 6.45) is 3.66. The number of rotatable bonds is 6. The van der Waals surface area contributed by atoms with E-state index in [2.05, 4.69) is 29.6 Å². The molecule has 2 heterocycles. The number of benzene rings is 1. The second-order valence-corrected chi connectivity index (χ2v) is 6.82. The number of amides is 1. The third-order valence-electron chi connectivity index (χ3n) is 4.16. The van der Waals surface area contributed by atoms with Crippen LogP contribution in [0, 0.1) is 5.92 Å². The average molecular weight is 379 g/mol. The molecule has 142 valence electrons. The predicted octanol–water partition coefficient (Wildman–Crippen LogP) is 2.81. The van der Waals surface area contributed by atoms with Crippen molar-refractivity contribution in [3.05, 3.63) is 42.2 Å². The summed E-state index contributed by atoms with van der Waals surface area (Å²) in [5.74, 6) is 0.740. The zero-order valence-electron chi connectivity index (χ0n) is 15.3. The van der Waals surface area contributed by atoms with Crippen molar-refractivity contribution < 1.29 is 9.53 Å². The van der Waals surface area contributed by atoms with Crippen molar-refractivity contribution in [2.75, 3.05) is 19.7 Å². The van der Waals surface area contributed by atoms with Crippen LogP contribution in [0.15, 0.2) is 36.5 Å². The molecule has 3 rings (SSSR count). The Morgan fingerprint density at radius 2 is 2.00 bits per heavy atom. The number of nitrogens with zero attached hydrogens (tertiary/aromatic N) is 2. The molecule has 1 aliphatic rings. The lowest BCUT2D eigenvalue weighted by atomic mass is 10.1. The Bertz CT molecular complexity index is 697. The number of para-hydroxylation sites is 1. The first-order valence-corrected chi connectivity index (χ1v) is 8.93. The van der Waals surface area contributed by atoms with Gasteiger partial charge in [0.2, 0.25) is 0 Å². The number of carbonyl (C=O) groups excluding carboxylic acids is 1. The maximum Gasteiger partial charge on any atom is 0.275 e. The van der Waals surface area contributed by atoms with E-state index >= 15 is 0 Å². The highest BCUT2D eigenvalue weighted by Gasteiger charge is 2.23. The predicted molar refractivity (Wildman–Crippen MR) is 105 cm³/mol. The van der Waals surface area contributed by atoms with Crippen LogP contribution in [0.5, 0.6) is 5.75 Å². The van der Waals surface area contributed by atoms with Gasteiger partial charge in [-0.25, -0.2) is 4.68 Å². The number of hydrogen-bond acceptors (Lipinski definition) is 4. The molecular formula is C19H27ClN4O2. The third kappa shape index (κ3) is 5.22. The summed E-state index contributed by atoms with van der Waals surface area (Å²) < 4.78 is 7.56. The second-order valence-electron chi connectivity index (χ2n) is 6.82. The molecule has 1 aliphatic heterocycles. The van der Waals surface area contributed by atoms with Gasteiger partial charge in [0.1, 0.15) is 0 Å². The smallest absolute Gasteiger partial charge is 0.275 e. The number of ether oxygens (including phenoxy) is 1. The molecule has 0 saturated carbocycles. The average Bonchev–Trinajstić information content (AvgIpc) is 3.06. The van der Waals surface area contributed by atoms with Gasteiger partial charge in [-0.1, -0.05) is 32.0 Å². The van der Waals surface area contributed by atoms with Crippen molar-refractivity contribution in [1.82, 2.24) is 20.4 Å². The van der Waals surface area contributed by atoms with E-state index in [0.29, 0.717) is 24.0 Å². The SMILES string of the molecule is CC(C)COc1cn(-c2ccccc2)nc1C(=O)NC1CCNCC1.Cl. The standard InChI is InChI=1S/C19H26N4O2.ClH/c1-14(2)13-25-17-12-23(16-6-4-3-5-7-16)22-18(17)19(24)21-15-8-10-20-11-9-15;/h3-7,12,14-15,20H,8-11,13H2,1-2H3,(H,21,24);1H. The minimum atomic E-state index is -0.166. The van der Waals surface area contributed by atoms with Crippen LogP contribution in [0.25, 0.3) is 5.69 Å². The first kappa shape index (κ1) is 20.3. The lowest BCUT2D eigenvalue weighted by molar-refractivity contribution is 0.0919. The molecule has 1 amide bonds. The number of aromatic nitrogens is 2. The van der Waals surface area contributed by atoms with E-state index in [1.807, 2.05) is 30.3 Å². The van der Waals surface area contributed by atoms with Crippen LogP contribution in [0.3, 0.4) is 0 Å². The van der Waals surface area contributed by atoms with Gasteiger partial charge in [-0.3, -0.25) is 4.79 Å². The van der Waals surface area contributed by atoms with Gasteiger partial charge in [0.25, 0.3) is 5.91 Å². The van der Waals surface area contributed by atoms with Crippen LogP contribution in [0.4, 0.5) is 0 Å². The van der Waals surface area contributed by atoms with Crippen LogP contribution in [-0.4, -0.2) is 41.4 Å². The Morgan fingerprint density at radius 1 is 1.31 bits per heavy atom. The molecule has 2 N–H and O–H groups in total. The Morgan fingerprint density at radius 3 is 2.65 bits per heavy atom. The summed E-state index contributed by atoms with van der Waals surface area (Å²) in [5.41, 5.74) is 1.25. The number of carbonyl (C=O) groups is 1. The zero-order chi connectivity index (χ0) is 17.6. The molecule has 0 atom stereocenters. The van der Waals surface area contributed by atoms with E-state index in [0.717, 1.165) is 31.6 Å². The second kappa shape index (κ2) is 9.59. The highest BCUT2D eigenvalue weighted by atomic mass is 35.5. The van der Waals surface area contributed by atoms with Gasteiger partial charge in [0.15, 0.2) is 11.4 Å². The molecule has 1 saturated heterocycles. The maximum absolute atomic E-state index is 12.7. The van der Waals surface area contributed by atoms with E-state index in [9.17, 15) is 4.79 Å². The summed E-state index contributed by atoms with van der Waals surface area (Å²) in [6.45, 7) is 6.57. The van der Waals surface area contributed by atoms with E-state index < -0.39 is 0 Å². The third-order valence-corrected chi connectivity index (χ3v) is 4.16. The first-order valence-electron chi connectivity index (χ1n) is 8.93. The van der Waals surface area contributed by atoms with Gasteiger partial charge < -0.3 is 15.4 Å². The van der Waals surface area contributed by atoms with Crippen LogP contribution >= 0.6 is 12.4 Å². The molecule has 0 unspecified atom stereocenters. The summed E-state index contributed by atoms with van der Waals surface area (Å²) in [6, 6.07) is 9.93. The van der Waals surface area contributed by atoms with Gasteiger partial charge in [-0.15, -0.1) is 12.4 Å². The fourth-order valence-corrected chi connectivity index (χ4v) is 2.81. The van der Waals surface area contributed by atoms with E-state index in [4.69, 9.17) is 4.74 Å².